The lowest BCUT2D eigenvalue weighted by Gasteiger charge is -2.14. The fraction of sp³-hybridized carbons (Fsp3) is 0.571. The molecule has 2 atom stereocenters. The van der Waals surface area contributed by atoms with Crippen LogP contribution in [0.5, 0.6) is 0 Å². The van der Waals surface area contributed by atoms with Crippen molar-refractivity contribution in [3.63, 3.8) is 0 Å². The number of fused-ring (bicyclic) bond motifs is 1. The van der Waals surface area contributed by atoms with E-state index in [4.69, 9.17) is 20.1 Å². The van der Waals surface area contributed by atoms with Gasteiger partial charge in [0.25, 0.3) is 0 Å². The molecule has 3 rings (SSSR count). The first-order valence-electron chi connectivity index (χ1n) is 6.73. The van der Waals surface area contributed by atoms with Gasteiger partial charge in [-0.05, 0) is 25.8 Å². The Bertz CT molecular complexity index is 544. The maximum Gasteiger partial charge on any atom is 0.145 e. The van der Waals surface area contributed by atoms with Gasteiger partial charge in [0.15, 0.2) is 0 Å². The van der Waals surface area contributed by atoms with E-state index in [0.29, 0.717) is 0 Å². The second-order valence-corrected chi connectivity index (χ2v) is 4.39. The molecule has 3 N–H and O–H groups in total. The Labute approximate surface area is 123 Å². The van der Waals surface area contributed by atoms with E-state index in [-0.39, 0.29) is 18.9 Å². The Hall–Kier alpha value is -1.54. The Kier molecular flexibility index (Phi) is 7.24. The third-order valence-electron chi connectivity index (χ3n) is 3.31. The molecule has 0 bridgehead atoms. The zero-order valence-corrected chi connectivity index (χ0v) is 12.6. The minimum atomic E-state index is -0.0413. The first-order chi connectivity index (χ1) is 10.3. The van der Waals surface area contributed by atoms with Gasteiger partial charge in [0.1, 0.15) is 18.2 Å². The summed E-state index contributed by atoms with van der Waals surface area (Å²) < 4.78 is 7.78. The average Bonchev–Trinajstić information content (AvgIpc) is 3.18. The van der Waals surface area contributed by atoms with E-state index in [9.17, 15) is 0 Å². The molecule has 1 fully saturated rings. The highest BCUT2D eigenvalue weighted by Gasteiger charge is 2.26. The quantitative estimate of drug-likeness (QED) is 0.751. The summed E-state index contributed by atoms with van der Waals surface area (Å²) in [5.41, 5.74) is 1.88. The maximum absolute atomic E-state index is 9.08. The number of ether oxygens (including phenoxy) is 1. The van der Waals surface area contributed by atoms with Gasteiger partial charge in [-0.15, -0.1) is 0 Å². The molecular formula is C14H23N3O4. The zero-order valence-electron chi connectivity index (χ0n) is 12.6. The second kappa shape index (κ2) is 8.68. The zero-order chi connectivity index (χ0) is 15.8. The number of hydrogen-bond acceptors (Lipinski definition) is 6. The molecule has 1 saturated heterocycles. The van der Waals surface area contributed by atoms with Crippen LogP contribution in [0.1, 0.15) is 24.8 Å². The van der Waals surface area contributed by atoms with Gasteiger partial charge in [-0.3, -0.25) is 0 Å². The first kappa shape index (κ1) is 17.5. The van der Waals surface area contributed by atoms with Crippen molar-refractivity contribution in [1.29, 1.82) is 0 Å². The van der Waals surface area contributed by atoms with Gasteiger partial charge in [-0.25, -0.2) is 9.97 Å². The number of aliphatic hydroxyl groups is 3. The van der Waals surface area contributed by atoms with Crippen LogP contribution >= 0.6 is 0 Å². The van der Waals surface area contributed by atoms with Crippen LogP contribution in [0.25, 0.3) is 11.0 Å². The highest BCUT2D eigenvalue weighted by atomic mass is 16.5. The number of aryl methyl sites for hydroxylation is 1. The molecular weight excluding hydrogens is 274 g/mol. The van der Waals surface area contributed by atoms with Crippen LogP contribution in [-0.2, 0) is 4.74 Å². The smallest absolute Gasteiger partial charge is 0.145 e. The summed E-state index contributed by atoms with van der Waals surface area (Å²) >= 11 is 0. The summed E-state index contributed by atoms with van der Waals surface area (Å²) in [5.74, 6) is 0. The molecule has 0 saturated carbocycles. The Morgan fingerprint density at radius 1 is 1.24 bits per heavy atom. The van der Waals surface area contributed by atoms with Crippen molar-refractivity contribution in [2.45, 2.75) is 32.1 Å². The molecule has 1 aliphatic heterocycles. The van der Waals surface area contributed by atoms with Crippen molar-refractivity contribution in [3.8, 4) is 0 Å². The molecule has 1 aliphatic rings. The van der Waals surface area contributed by atoms with E-state index in [1.165, 1.54) is 0 Å². The molecule has 0 aromatic carbocycles. The molecule has 0 spiro atoms. The summed E-state index contributed by atoms with van der Waals surface area (Å²) in [6.45, 7) is 2.06. The number of aromatic nitrogens is 3. The van der Waals surface area contributed by atoms with Gasteiger partial charge in [-0.2, -0.15) is 0 Å². The largest absolute Gasteiger partial charge is 0.400 e. The van der Waals surface area contributed by atoms with Gasteiger partial charge < -0.3 is 24.6 Å². The number of rotatable bonds is 2. The third-order valence-corrected chi connectivity index (χ3v) is 3.31. The monoisotopic (exact) mass is 297 g/mol. The van der Waals surface area contributed by atoms with E-state index in [1.54, 1.807) is 6.33 Å². The molecule has 7 nitrogen and oxygen atoms in total. The Morgan fingerprint density at radius 3 is 2.57 bits per heavy atom. The maximum atomic E-state index is 9.08. The average molecular weight is 297 g/mol. The summed E-state index contributed by atoms with van der Waals surface area (Å²) in [5, 5.41) is 24.1. The second-order valence-electron chi connectivity index (χ2n) is 4.39. The Morgan fingerprint density at radius 2 is 1.95 bits per heavy atom. The summed E-state index contributed by atoms with van der Waals surface area (Å²) in [6.07, 6.45) is 5.31. The van der Waals surface area contributed by atoms with E-state index in [1.807, 2.05) is 23.8 Å². The third kappa shape index (κ3) is 3.76. The van der Waals surface area contributed by atoms with Gasteiger partial charge in [0, 0.05) is 25.8 Å². The minimum Gasteiger partial charge on any atom is -0.400 e. The van der Waals surface area contributed by atoms with Crippen LogP contribution < -0.4 is 0 Å². The molecule has 0 aliphatic carbocycles. The number of aliphatic hydroxyl groups excluding tert-OH is 3. The number of nitrogens with zero attached hydrogens (tertiary/aromatic N) is 3. The fourth-order valence-corrected chi connectivity index (χ4v) is 2.36. The van der Waals surface area contributed by atoms with Crippen LogP contribution in [0, 0.1) is 6.92 Å². The van der Waals surface area contributed by atoms with Crippen LogP contribution in [0.15, 0.2) is 18.6 Å². The number of hydrogen-bond donors (Lipinski definition) is 3. The lowest BCUT2D eigenvalue weighted by atomic mass is 10.2. The first-order valence-corrected chi connectivity index (χ1v) is 6.73. The molecule has 2 aromatic heterocycles. The van der Waals surface area contributed by atoms with Gasteiger partial charge >= 0.3 is 0 Å². The van der Waals surface area contributed by atoms with Gasteiger partial charge in [0.2, 0.25) is 0 Å². The van der Waals surface area contributed by atoms with Crippen molar-refractivity contribution in [2.24, 2.45) is 0 Å². The van der Waals surface area contributed by atoms with E-state index < -0.39 is 0 Å². The van der Waals surface area contributed by atoms with Gasteiger partial charge in [0.05, 0.1) is 18.4 Å². The molecule has 118 valence electrons. The predicted octanol–water partition coefficient (Wildman–Crippen LogP) is 0.627. The van der Waals surface area contributed by atoms with Crippen LogP contribution in [-0.4, -0.2) is 56.8 Å². The lowest BCUT2D eigenvalue weighted by Crippen LogP contribution is -2.14. The van der Waals surface area contributed by atoms with Gasteiger partial charge in [-0.1, -0.05) is 0 Å². The van der Waals surface area contributed by atoms with Crippen LogP contribution in [0.3, 0.4) is 0 Å². The SMILES string of the molecule is CO.CO.Cc1ncnc2c1ccn2C1CCC(CO)O1. The fourth-order valence-electron chi connectivity index (χ4n) is 2.36. The topological polar surface area (TPSA) is 101 Å². The molecule has 2 aromatic rings. The lowest BCUT2D eigenvalue weighted by molar-refractivity contribution is -0.0204. The van der Waals surface area contributed by atoms with Crippen molar-refractivity contribution in [2.75, 3.05) is 20.8 Å². The van der Waals surface area contributed by atoms with E-state index in [2.05, 4.69) is 9.97 Å². The molecule has 3 heterocycles. The molecule has 21 heavy (non-hydrogen) atoms. The highest BCUT2D eigenvalue weighted by Crippen LogP contribution is 2.31. The molecule has 7 heteroatoms. The molecule has 2 unspecified atom stereocenters. The summed E-state index contributed by atoms with van der Waals surface area (Å²) in [4.78, 5) is 8.48. The van der Waals surface area contributed by atoms with Crippen molar-refractivity contribution in [1.82, 2.24) is 14.5 Å². The molecule has 0 radical (unpaired) electrons. The van der Waals surface area contributed by atoms with Crippen molar-refractivity contribution in [3.05, 3.63) is 24.3 Å². The molecule has 0 amide bonds. The van der Waals surface area contributed by atoms with Crippen molar-refractivity contribution >= 4 is 11.0 Å². The van der Waals surface area contributed by atoms with Crippen LogP contribution in [0.2, 0.25) is 0 Å². The Balaban J connectivity index is 0.000000510. The predicted molar refractivity (Wildman–Crippen MR) is 78.8 cm³/mol. The van der Waals surface area contributed by atoms with Crippen molar-refractivity contribution < 1.29 is 20.1 Å². The summed E-state index contributed by atoms with van der Waals surface area (Å²) in [6, 6.07) is 2.01. The normalized spacial score (nSPS) is 20.5. The standard InChI is InChI=1S/C12H15N3O2.2CH4O/c1-8-10-4-5-15(12(10)14-7-13-8)11-3-2-9(6-16)17-11;2*1-2/h4-5,7,9,11,16H,2-3,6H2,1H3;2*2H,1H3. The van der Waals surface area contributed by atoms with E-state index >= 15 is 0 Å². The van der Waals surface area contributed by atoms with E-state index in [0.717, 1.165) is 43.8 Å². The highest BCUT2D eigenvalue weighted by molar-refractivity contribution is 5.78. The van der Waals surface area contributed by atoms with Crippen LogP contribution in [0.4, 0.5) is 0 Å². The summed E-state index contributed by atoms with van der Waals surface area (Å²) in [7, 11) is 2.00. The minimum absolute atomic E-state index is 0.0149.